The van der Waals surface area contributed by atoms with Crippen molar-refractivity contribution in [3.8, 4) is 5.75 Å². The van der Waals surface area contributed by atoms with Gasteiger partial charge in [-0.25, -0.2) is 9.78 Å². The molecule has 192 valence electrons. The zero-order valence-electron chi connectivity index (χ0n) is 21.3. The fourth-order valence-corrected chi connectivity index (χ4v) is 4.41. The number of rotatable bonds is 11. The van der Waals surface area contributed by atoms with E-state index in [2.05, 4.69) is 0 Å². The average molecular weight is 487 g/mol. The Labute approximate surface area is 207 Å². The largest absolute Gasteiger partial charge is 0.493 e. The van der Waals surface area contributed by atoms with Gasteiger partial charge in [-0.05, 0) is 63.3 Å². The van der Waals surface area contributed by atoms with Crippen molar-refractivity contribution in [3.05, 3.63) is 46.7 Å². The molecular weight excluding hydrogens is 448 g/mol. The number of aryl methyl sites for hydroxylation is 2. The van der Waals surface area contributed by atoms with Crippen LogP contribution >= 0.6 is 0 Å². The maximum Gasteiger partial charge on any atom is 0.410 e. The summed E-state index contributed by atoms with van der Waals surface area (Å²) in [6.07, 6.45) is 6.44. The van der Waals surface area contributed by atoms with Crippen LogP contribution in [0.4, 0.5) is 4.79 Å². The SMILES string of the molecule is Cc1oc(C2CCCCC2)nc1CCOc1ccc(CCC(=O)O)c(CN(C)C(=O)OC(C)C)c1. The van der Waals surface area contributed by atoms with Crippen LogP contribution in [0.3, 0.4) is 0 Å². The summed E-state index contributed by atoms with van der Waals surface area (Å²) in [5.74, 6) is 1.94. The number of benzene rings is 1. The third kappa shape index (κ3) is 8.01. The molecule has 0 bridgehead atoms. The molecule has 1 aromatic carbocycles. The minimum Gasteiger partial charge on any atom is -0.493 e. The molecule has 1 heterocycles. The summed E-state index contributed by atoms with van der Waals surface area (Å²) in [6.45, 7) is 6.29. The zero-order chi connectivity index (χ0) is 25.4. The van der Waals surface area contributed by atoms with Gasteiger partial charge in [-0.2, -0.15) is 0 Å². The highest BCUT2D eigenvalue weighted by Crippen LogP contribution is 2.33. The Morgan fingerprint density at radius 1 is 1.17 bits per heavy atom. The molecule has 1 N–H and O–H groups in total. The number of carboxylic acids is 1. The number of aromatic nitrogens is 1. The standard InChI is InChI=1S/C27H38N2O6/c1-18(2)34-27(32)29(4)17-22-16-23(12-10-20(22)11-13-25(30)31)33-15-14-24-19(3)35-26(28-24)21-8-6-5-7-9-21/h10,12,16,18,21H,5-9,11,13-15,17H2,1-4H3,(H,30,31). The second-order valence-electron chi connectivity index (χ2n) is 9.60. The molecule has 1 aliphatic rings. The summed E-state index contributed by atoms with van der Waals surface area (Å²) in [5.41, 5.74) is 2.64. The van der Waals surface area contributed by atoms with Gasteiger partial charge in [-0.15, -0.1) is 0 Å². The topological polar surface area (TPSA) is 102 Å². The van der Waals surface area contributed by atoms with Gasteiger partial charge in [0.25, 0.3) is 0 Å². The Morgan fingerprint density at radius 3 is 2.60 bits per heavy atom. The molecule has 0 spiro atoms. The van der Waals surface area contributed by atoms with Crippen molar-refractivity contribution in [1.82, 2.24) is 9.88 Å². The Kier molecular flexibility index (Phi) is 9.57. The van der Waals surface area contributed by atoms with Crippen molar-refractivity contribution >= 4 is 12.1 Å². The predicted molar refractivity (Wildman–Crippen MR) is 132 cm³/mol. The van der Waals surface area contributed by atoms with Gasteiger partial charge in [0, 0.05) is 32.4 Å². The van der Waals surface area contributed by atoms with Gasteiger partial charge in [-0.1, -0.05) is 25.3 Å². The van der Waals surface area contributed by atoms with E-state index >= 15 is 0 Å². The van der Waals surface area contributed by atoms with Crippen LogP contribution in [0.2, 0.25) is 0 Å². The number of ether oxygens (including phenoxy) is 2. The quantitative estimate of drug-likeness (QED) is 0.438. The lowest BCUT2D eigenvalue weighted by Gasteiger charge is -2.21. The van der Waals surface area contributed by atoms with Crippen molar-refractivity contribution < 1.29 is 28.6 Å². The van der Waals surface area contributed by atoms with Crippen LogP contribution in [0.1, 0.15) is 86.8 Å². The minimum absolute atomic E-state index is 0.0160. The normalized spacial score (nSPS) is 14.2. The number of carbonyl (C=O) groups excluding carboxylic acids is 1. The molecule has 1 amide bonds. The molecule has 8 heteroatoms. The van der Waals surface area contributed by atoms with E-state index in [1.165, 1.54) is 24.2 Å². The monoisotopic (exact) mass is 486 g/mol. The Morgan fingerprint density at radius 2 is 1.91 bits per heavy atom. The molecule has 0 unspecified atom stereocenters. The lowest BCUT2D eigenvalue weighted by Crippen LogP contribution is -2.29. The van der Waals surface area contributed by atoms with Crippen LogP contribution in [-0.2, 0) is 28.9 Å². The minimum atomic E-state index is -0.862. The van der Waals surface area contributed by atoms with E-state index in [1.807, 2.05) is 25.1 Å². The first-order valence-electron chi connectivity index (χ1n) is 12.6. The van der Waals surface area contributed by atoms with E-state index < -0.39 is 12.1 Å². The van der Waals surface area contributed by atoms with E-state index in [1.54, 1.807) is 20.9 Å². The molecule has 2 aromatic rings. The van der Waals surface area contributed by atoms with E-state index in [4.69, 9.17) is 24.0 Å². The average Bonchev–Trinajstić information content (AvgIpc) is 3.19. The molecular formula is C27H38N2O6. The zero-order valence-corrected chi connectivity index (χ0v) is 21.3. The molecule has 0 aliphatic heterocycles. The van der Waals surface area contributed by atoms with Crippen LogP contribution in [-0.4, -0.2) is 46.8 Å². The van der Waals surface area contributed by atoms with Crippen LogP contribution < -0.4 is 4.74 Å². The molecule has 1 aromatic heterocycles. The van der Waals surface area contributed by atoms with Crippen LogP contribution in [0.25, 0.3) is 0 Å². The summed E-state index contributed by atoms with van der Waals surface area (Å²) in [6, 6.07) is 5.59. The van der Waals surface area contributed by atoms with Gasteiger partial charge >= 0.3 is 12.1 Å². The molecule has 1 saturated carbocycles. The molecule has 1 fully saturated rings. The van der Waals surface area contributed by atoms with Crippen molar-refractivity contribution in [1.29, 1.82) is 0 Å². The summed E-state index contributed by atoms with van der Waals surface area (Å²) >= 11 is 0. The van der Waals surface area contributed by atoms with Gasteiger partial charge in [-0.3, -0.25) is 4.79 Å². The van der Waals surface area contributed by atoms with Crippen molar-refractivity contribution in [3.63, 3.8) is 0 Å². The summed E-state index contributed by atoms with van der Waals surface area (Å²) < 4.78 is 17.3. The predicted octanol–water partition coefficient (Wildman–Crippen LogP) is 5.65. The fourth-order valence-electron chi connectivity index (χ4n) is 4.41. The maximum atomic E-state index is 12.3. The highest BCUT2D eigenvalue weighted by molar-refractivity contribution is 5.68. The van der Waals surface area contributed by atoms with Crippen molar-refractivity contribution in [2.75, 3.05) is 13.7 Å². The lowest BCUT2D eigenvalue weighted by atomic mass is 9.89. The molecule has 0 saturated heterocycles. The first-order chi connectivity index (χ1) is 16.7. The van der Waals surface area contributed by atoms with Crippen molar-refractivity contribution in [2.45, 2.75) is 90.7 Å². The van der Waals surface area contributed by atoms with Crippen LogP contribution in [0, 0.1) is 6.92 Å². The number of carbonyl (C=O) groups is 2. The maximum absolute atomic E-state index is 12.3. The third-order valence-electron chi connectivity index (χ3n) is 6.31. The van der Waals surface area contributed by atoms with Gasteiger partial charge in [0.15, 0.2) is 5.89 Å². The van der Waals surface area contributed by atoms with Gasteiger partial charge < -0.3 is 23.9 Å². The smallest absolute Gasteiger partial charge is 0.410 e. The molecule has 3 rings (SSSR count). The number of amides is 1. The Hall–Kier alpha value is -3.03. The number of aliphatic carboxylic acids is 1. The molecule has 8 nitrogen and oxygen atoms in total. The highest BCUT2D eigenvalue weighted by atomic mass is 16.6. The number of carboxylic acid groups (broad SMARTS) is 1. The summed E-state index contributed by atoms with van der Waals surface area (Å²) in [7, 11) is 1.66. The molecule has 0 atom stereocenters. The number of hydrogen-bond donors (Lipinski definition) is 1. The van der Waals surface area contributed by atoms with E-state index in [0.717, 1.165) is 41.3 Å². The van der Waals surface area contributed by atoms with Gasteiger partial charge in [0.05, 0.1) is 18.4 Å². The van der Waals surface area contributed by atoms with Crippen LogP contribution in [0.15, 0.2) is 22.6 Å². The third-order valence-corrected chi connectivity index (χ3v) is 6.31. The number of oxazole rings is 1. The lowest BCUT2D eigenvalue weighted by molar-refractivity contribution is -0.136. The first-order valence-corrected chi connectivity index (χ1v) is 12.6. The molecule has 35 heavy (non-hydrogen) atoms. The number of nitrogens with zero attached hydrogens (tertiary/aromatic N) is 2. The van der Waals surface area contributed by atoms with Gasteiger partial charge in [0.1, 0.15) is 11.5 Å². The first kappa shape index (κ1) is 26.6. The van der Waals surface area contributed by atoms with Crippen molar-refractivity contribution in [2.24, 2.45) is 0 Å². The summed E-state index contributed by atoms with van der Waals surface area (Å²) in [4.78, 5) is 29.6. The number of hydrogen-bond acceptors (Lipinski definition) is 6. The second kappa shape index (κ2) is 12.6. The van der Waals surface area contributed by atoms with E-state index in [-0.39, 0.29) is 12.5 Å². The second-order valence-corrected chi connectivity index (χ2v) is 9.60. The molecule has 0 radical (unpaired) electrons. The highest BCUT2D eigenvalue weighted by Gasteiger charge is 2.22. The Balaban J connectivity index is 1.64. The van der Waals surface area contributed by atoms with E-state index in [9.17, 15) is 9.59 Å². The fraction of sp³-hybridized carbons (Fsp3) is 0.593. The Bertz CT molecular complexity index is 994. The summed E-state index contributed by atoms with van der Waals surface area (Å²) in [5, 5.41) is 9.10. The molecule has 1 aliphatic carbocycles. The van der Waals surface area contributed by atoms with E-state index in [0.29, 0.717) is 37.7 Å². The van der Waals surface area contributed by atoms with Gasteiger partial charge in [0.2, 0.25) is 0 Å². The van der Waals surface area contributed by atoms with Crippen LogP contribution in [0.5, 0.6) is 5.75 Å².